The van der Waals surface area contributed by atoms with Gasteiger partial charge in [0.1, 0.15) is 0 Å². The largest absolute Gasteiger partial charge is 0.465 e. The van der Waals surface area contributed by atoms with E-state index in [0.717, 1.165) is 0 Å². The second kappa shape index (κ2) is 6.91. The molecule has 1 rings (SSSR count). The zero-order chi connectivity index (χ0) is 14.6. The Bertz CT molecular complexity index is 491. The highest BCUT2D eigenvalue weighted by atomic mass is 79.9. The molecule has 0 bridgehead atoms. The number of hydrogen-bond donors (Lipinski definition) is 1. The zero-order valence-corrected chi connectivity index (χ0v) is 13.2. The van der Waals surface area contributed by atoms with Crippen molar-refractivity contribution in [2.45, 2.75) is 18.7 Å². The fraction of sp³-hybridized carbons (Fsp3) is 0.385. The number of amides is 1. The average molecular weight is 349 g/mol. The summed E-state index contributed by atoms with van der Waals surface area (Å²) < 4.78 is 4.66. The molecule has 0 saturated heterocycles. The van der Waals surface area contributed by atoms with E-state index < -0.39 is 5.97 Å². The van der Waals surface area contributed by atoms with E-state index in [4.69, 9.17) is 11.6 Å². The van der Waals surface area contributed by atoms with E-state index in [1.165, 1.54) is 13.2 Å². The van der Waals surface area contributed by atoms with Crippen LogP contribution < -0.4 is 5.32 Å². The van der Waals surface area contributed by atoms with Gasteiger partial charge in [0.05, 0.1) is 23.2 Å². The second-order valence-corrected chi connectivity index (χ2v) is 5.74. The number of benzene rings is 1. The van der Waals surface area contributed by atoms with Gasteiger partial charge in [-0.15, -0.1) is 0 Å². The van der Waals surface area contributed by atoms with E-state index in [9.17, 15) is 9.59 Å². The molecule has 0 fully saturated rings. The molecule has 104 valence electrons. The Balaban J connectivity index is 3.01. The maximum atomic E-state index is 12.0. The van der Waals surface area contributed by atoms with Crippen LogP contribution in [0.2, 0.25) is 5.02 Å². The monoisotopic (exact) mass is 347 g/mol. The molecule has 0 radical (unpaired) electrons. The molecule has 1 amide bonds. The minimum atomic E-state index is -0.548. The van der Waals surface area contributed by atoms with Crippen LogP contribution in [0.4, 0.5) is 5.69 Å². The molecule has 1 aromatic carbocycles. The van der Waals surface area contributed by atoms with Crippen LogP contribution in [-0.4, -0.2) is 23.8 Å². The minimum Gasteiger partial charge on any atom is -0.465 e. The van der Waals surface area contributed by atoms with Gasteiger partial charge in [-0.2, -0.15) is 0 Å². The molecule has 6 heteroatoms. The van der Waals surface area contributed by atoms with Gasteiger partial charge >= 0.3 is 5.97 Å². The van der Waals surface area contributed by atoms with E-state index in [2.05, 4.69) is 26.0 Å². The molecule has 0 aliphatic carbocycles. The lowest BCUT2D eigenvalue weighted by Gasteiger charge is -2.15. The third-order valence-corrected chi connectivity index (χ3v) is 4.19. The highest BCUT2D eigenvalue weighted by Crippen LogP contribution is 2.23. The Hall–Kier alpha value is -1.07. The number of methoxy groups -OCH3 is 1. The molecule has 19 heavy (non-hydrogen) atoms. The number of ether oxygens (including phenoxy) is 1. The fourth-order valence-corrected chi connectivity index (χ4v) is 1.70. The number of hydrogen-bond acceptors (Lipinski definition) is 3. The smallest absolute Gasteiger partial charge is 0.340 e. The van der Waals surface area contributed by atoms with Gasteiger partial charge < -0.3 is 10.1 Å². The van der Waals surface area contributed by atoms with Crippen molar-refractivity contribution in [3.8, 4) is 0 Å². The first-order chi connectivity index (χ1) is 8.86. The van der Waals surface area contributed by atoms with Gasteiger partial charge in [-0.05, 0) is 24.1 Å². The zero-order valence-electron chi connectivity index (χ0n) is 10.9. The lowest BCUT2D eigenvalue weighted by molar-refractivity contribution is -0.116. The Morgan fingerprint density at radius 3 is 2.53 bits per heavy atom. The van der Waals surface area contributed by atoms with Crippen molar-refractivity contribution in [3.63, 3.8) is 0 Å². The van der Waals surface area contributed by atoms with Gasteiger partial charge in [0.25, 0.3) is 0 Å². The molecule has 1 N–H and O–H groups in total. The molecule has 0 spiro atoms. The third kappa shape index (κ3) is 4.21. The van der Waals surface area contributed by atoms with Crippen molar-refractivity contribution >= 4 is 45.1 Å². The standard InChI is InChI=1S/C13H15BrClNO3/c1-7(2)11(14)12(17)16-10-5-4-8(15)6-9(10)13(18)19-3/h4-7,11H,1-3H3,(H,16,17). The average Bonchev–Trinajstić information content (AvgIpc) is 2.38. The molecule has 1 atom stereocenters. The normalized spacial score (nSPS) is 12.1. The summed E-state index contributed by atoms with van der Waals surface area (Å²) in [5.74, 6) is -0.634. The van der Waals surface area contributed by atoms with Gasteiger partial charge in [-0.1, -0.05) is 41.4 Å². The Kier molecular flexibility index (Phi) is 5.82. The van der Waals surface area contributed by atoms with Crippen LogP contribution in [0.5, 0.6) is 0 Å². The summed E-state index contributed by atoms with van der Waals surface area (Å²) in [6.07, 6.45) is 0. The van der Waals surface area contributed by atoms with Gasteiger partial charge in [0.15, 0.2) is 0 Å². The Labute approximate surface area is 125 Å². The molecule has 0 aliphatic heterocycles. The van der Waals surface area contributed by atoms with E-state index in [0.29, 0.717) is 10.7 Å². The highest BCUT2D eigenvalue weighted by Gasteiger charge is 2.21. The second-order valence-electron chi connectivity index (χ2n) is 4.32. The third-order valence-electron chi connectivity index (χ3n) is 2.48. The molecular weight excluding hydrogens is 334 g/mol. The SMILES string of the molecule is COC(=O)c1cc(Cl)ccc1NC(=O)C(Br)C(C)C. The predicted octanol–water partition coefficient (Wildman–Crippen LogP) is 3.48. The summed E-state index contributed by atoms with van der Waals surface area (Å²) in [7, 11) is 1.27. The van der Waals surface area contributed by atoms with E-state index in [1.807, 2.05) is 13.8 Å². The highest BCUT2D eigenvalue weighted by molar-refractivity contribution is 9.10. The molecule has 0 saturated carbocycles. The molecule has 1 unspecified atom stereocenters. The first kappa shape index (κ1) is 16.0. The number of anilines is 1. The molecule has 0 aromatic heterocycles. The Morgan fingerprint density at radius 1 is 1.37 bits per heavy atom. The number of halogens is 2. The quantitative estimate of drug-likeness (QED) is 0.669. The first-order valence-corrected chi connectivity index (χ1v) is 6.99. The predicted molar refractivity (Wildman–Crippen MR) is 79.0 cm³/mol. The number of esters is 1. The molecule has 1 aromatic rings. The maximum absolute atomic E-state index is 12.0. The summed E-state index contributed by atoms with van der Waals surface area (Å²) in [5.41, 5.74) is 0.609. The first-order valence-electron chi connectivity index (χ1n) is 5.69. The van der Waals surface area contributed by atoms with Crippen molar-refractivity contribution < 1.29 is 14.3 Å². The molecule has 0 heterocycles. The van der Waals surface area contributed by atoms with E-state index >= 15 is 0 Å². The summed E-state index contributed by atoms with van der Waals surface area (Å²) >= 11 is 9.14. The van der Waals surface area contributed by atoms with Gasteiger partial charge in [0.2, 0.25) is 5.91 Å². The summed E-state index contributed by atoms with van der Waals surface area (Å²) in [5, 5.41) is 3.09. The molecule has 4 nitrogen and oxygen atoms in total. The van der Waals surface area contributed by atoms with Crippen LogP contribution >= 0.6 is 27.5 Å². The Morgan fingerprint density at radius 2 is 2.00 bits per heavy atom. The van der Waals surface area contributed by atoms with Crippen LogP contribution in [0.25, 0.3) is 0 Å². The van der Waals surface area contributed by atoms with Crippen molar-refractivity contribution in [1.82, 2.24) is 0 Å². The lowest BCUT2D eigenvalue weighted by atomic mass is 10.1. The van der Waals surface area contributed by atoms with E-state index in [-0.39, 0.29) is 22.2 Å². The van der Waals surface area contributed by atoms with Crippen LogP contribution in [0.3, 0.4) is 0 Å². The maximum Gasteiger partial charge on any atom is 0.340 e. The summed E-state index contributed by atoms with van der Waals surface area (Å²) in [6.45, 7) is 3.84. The van der Waals surface area contributed by atoms with Crippen molar-refractivity contribution in [2.24, 2.45) is 5.92 Å². The topological polar surface area (TPSA) is 55.4 Å². The number of carbonyl (C=O) groups excluding carboxylic acids is 2. The van der Waals surface area contributed by atoms with Crippen LogP contribution in [0.15, 0.2) is 18.2 Å². The molecule has 0 aliphatic rings. The number of nitrogens with one attached hydrogen (secondary N) is 1. The van der Waals surface area contributed by atoms with Crippen molar-refractivity contribution in [3.05, 3.63) is 28.8 Å². The lowest BCUT2D eigenvalue weighted by Crippen LogP contribution is -2.27. The van der Waals surface area contributed by atoms with Crippen LogP contribution in [0.1, 0.15) is 24.2 Å². The van der Waals surface area contributed by atoms with Crippen LogP contribution in [0, 0.1) is 5.92 Å². The molecular formula is C13H15BrClNO3. The van der Waals surface area contributed by atoms with Crippen molar-refractivity contribution in [2.75, 3.05) is 12.4 Å². The number of rotatable bonds is 4. The van der Waals surface area contributed by atoms with E-state index in [1.54, 1.807) is 12.1 Å². The van der Waals surface area contributed by atoms with Gasteiger partial charge in [0, 0.05) is 5.02 Å². The minimum absolute atomic E-state index is 0.133. The van der Waals surface area contributed by atoms with Gasteiger partial charge in [-0.25, -0.2) is 4.79 Å². The van der Waals surface area contributed by atoms with Gasteiger partial charge in [-0.3, -0.25) is 4.79 Å². The number of alkyl halides is 1. The summed E-state index contributed by atoms with van der Waals surface area (Å²) in [6, 6.07) is 4.64. The van der Waals surface area contributed by atoms with Crippen molar-refractivity contribution in [1.29, 1.82) is 0 Å². The van der Waals surface area contributed by atoms with Crippen LogP contribution in [-0.2, 0) is 9.53 Å². The number of carbonyl (C=O) groups is 2. The fourth-order valence-electron chi connectivity index (χ4n) is 1.41. The summed E-state index contributed by atoms with van der Waals surface area (Å²) in [4.78, 5) is 23.2.